The van der Waals surface area contributed by atoms with Gasteiger partial charge < -0.3 is 10.5 Å². The number of ether oxygens (including phenoxy) is 1. The third-order valence-electron chi connectivity index (χ3n) is 3.47. The summed E-state index contributed by atoms with van der Waals surface area (Å²) in [6.45, 7) is 3.97. The SMILES string of the molecule is CC12CCC(CN)(CC1)OC2.Cl. The fourth-order valence-corrected chi connectivity index (χ4v) is 2.19. The molecule has 2 N–H and O–H groups in total. The summed E-state index contributed by atoms with van der Waals surface area (Å²) in [7, 11) is 0. The van der Waals surface area contributed by atoms with Gasteiger partial charge in [0.1, 0.15) is 0 Å². The third kappa shape index (κ3) is 1.48. The van der Waals surface area contributed by atoms with Gasteiger partial charge in [-0.2, -0.15) is 0 Å². The highest BCUT2D eigenvalue weighted by Crippen LogP contribution is 2.47. The number of hydrogen-bond acceptors (Lipinski definition) is 2. The highest BCUT2D eigenvalue weighted by atomic mass is 35.5. The van der Waals surface area contributed by atoms with Crippen molar-refractivity contribution in [3.05, 3.63) is 0 Å². The molecule has 2 bridgehead atoms. The van der Waals surface area contributed by atoms with Gasteiger partial charge in [-0.1, -0.05) is 6.92 Å². The summed E-state index contributed by atoms with van der Waals surface area (Å²) in [4.78, 5) is 0. The summed E-state index contributed by atoms with van der Waals surface area (Å²) in [6, 6.07) is 0. The predicted molar refractivity (Wildman–Crippen MR) is 51.6 cm³/mol. The van der Waals surface area contributed by atoms with Crippen molar-refractivity contribution in [2.75, 3.05) is 13.2 Å². The molecule has 1 saturated carbocycles. The Kier molecular flexibility index (Phi) is 2.72. The zero-order valence-corrected chi connectivity index (χ0v) is 8.45. The number of fused-ring (bicyclic) bond motifs is 3. The van der Waals surface area contributed by atoms with Crippen LogP contribution in [0.15, 0.2) is 0 Å². The van der Waals surface area contributed by atoms with E-state index in [-0.39, 0.29) is 18.0 Å². The van der Waals surface area contributed by atoms with Crippen molar-refractivity contribution >= 4 is 12.4 Å². The van der Waals surface area contributed by atoms with Crippen LogP contribution in [-0.2, 0) is 4.74 Å². The molecular weight excluding hydrogens is 174 g/mol. The second-order valence-electron chi connectivity index (χ2n) is 4.49. The summed E-state index contributed by atoms with van der Waals surface area (Å²) in [5.74, 6) is 0. The van der Waals surface area contributed by atoms with E-state index in [0.717, 1.165) is 6.61 Å². The van der Waals surface area contributed by atoms with Crippen molar-refractivity contribution in [3.8, 4) is 0 Å². The lowest BCUT2D eigenvalue weighted by Crippen LogP contribution is -2.53. The molecule has 0 aromatic carbocycles. The van der Waals surface area contributed by atoms with E-state index in [9.17, 15) is 0 Å². The summed E-state index contributed by atoms with van der Waals surface area (Å²) in [6.07, 6.45) is 4.98. The summed E-state index contributed by atoms with van der Waals surface area (Å²) in [5, 5.41) is 0. The molecule has 12 heavy (non-hydrogen) atoms. The molecule has 3 rings (SSSR count). The first-order chi connectivity index (χ1) is 5.18. The summed E-state index contributed by atoms with van der Waals surface area (Å²) >= 11 is 0. The number of rotatable bonds is 1. The van der Waals surface area contributed by atoms with Crippen LogP contribution >= 0.6 is 12.4 Å². The third-order valence-corrected chi connectivity index (χ3v) is 3.47. The lowest BCUT2D eigenvalue weighted by Gasteiger charge is -2.51. The summed E-state index contributed by atoms with van der Waals surface area (Å²) < 4.78 is 5.79. The van der Waals surface area contributed by atoms with Gasteiger partial charge >= 0.3 is 0 Å². The maximum Gasteiger partial charge on any atom is 0.0804 e. The molecule has 0 spiro atoms. The van der Waals surface area contributed by atoms with E-state index in [1.807, 2.05) is 0 Å². The Morgan fingerprint density at radius 3 is 2.17 bits per heavy atom. The Balaban J connectivity index is 0.000000720. The van der Waals surface area contributed by atoms with Crippen LogP contribution < -0.4 is 5.73 Å². The van der Waals surface area contributed by atoms with Crippen LogP contribution in [0.2, 0.25) is 0 Å². The molecule has 0 atom stereocenters. The smallest absolute Gasteiger partial charge is 0.0804 e. The van der Waals surface area contributed by atoms with Crippen molar-refractivity contribution in [2.45, 2.75) is 38.2 Å². The van der Waals surface area contributed by atoms with Crippen molar-refractivity contribution in [1.29, 1.82) is 0 Å². The molecule has 2 aliphatic heterocycles. The molecule has 0 radical (unpaired) electrons. The van der Waals surface area contributed by atoms with Crippen LogP contribution in [0.5, 0.6) is 0 Å². The standard InChI is InChI=1S/C9H17NO.ClH/c1-8-2-4-9(6-10,5-3-8)11-7-8;/h2-7,10H2,1H3;1H. The van der Waals surface area contributed by atoms with Gasteiger partial charge in [0, 0.05) is 6.54 Å². The monoisotopic (exact) mass is 191 g/mol. The molecule has 1 aliphatic carbocycles. The molecular formula is C9H18ClNO. The average molecular weight is 192 g/mol. The van der Waals surface area contributed by atoms with E-state index >= 15 is 0 Å². The molecule has 3 heteroatoms. The summed E-state index contributed by atoms with van der Waals surface area (Å²) in [5.41, 5.74) is 6.26. The Hall–Kier alpha value is 0.210. The minimum absolute atomic E-state index is 0. The van der Waals surface area contributed by atoms with Crippen molar-refractivity contribution in [3.63, 3.8) is 0 Å². The van der Waals surface area contributed by atoms with Crippen molar-refractivity contribution < 1.29 is 4.74 Å². The van der Waals surface area contributed by atoms with Gasteiger partial charge in [0.15, 0.2) is 0 Å². The van der Waals surface area contributed by atoms with Crippen LogP contribution in [0.3, 0.4) is 0 Å². The molecule has 3 fully saturated rings. The van der Waals surface area contributed by atoms with Crippen molar-refractivity contribution in [2.24, 2.45) is 11.1 Å². The normalized spacial score (nSPS) is 45.5. The van der Waals surface area contributed by atoms with Crippen LogP contribution in [-0.4, -0.2) is 18.8 Å². The van der Waals surface area contributed by atoms with Crippen LogP contribution in [0.25, 0.3) is 0 Å². The molecule has 0 unspecified atom stereocenters. The molecule has 0 aromatic rings. The highest BCUT2D eigenvalue weighted by molar-refractivity contribution is 5.85. The Morgan fingerprint density at radius 2 is 1.83 bits per heavy atom. The molecule has 72 valence electrons. The van der Waals surface area contributed by atoms with Gasteiger partial charge in [-0.25, -0.2) is 0 Å². The second kappa shape index (κ2) is 3.17. The van der Waals surface area contributed by atoms with Crippen LogP contribution in [0.1, 0.15) is 32.6 Å². The van der Waals surface area contributed by atoms with Gasteiger partial charge in [-0.3, -0.25) is 0 Å². The van der Waals surface area contributed by atoms with E-state index in [1.54, 1.807) is 0 Å². The van der Waals surface area contributed by atoms with E-state index in [0.29, 0.717) is 12.0 Å². The Morgan fingerprint density at radius 1 is 1.25 bits per heavy atom. The van der Waals surface area contributed by atoms with Gasteiger partial charge in [-0.05, 0) is 31.1 Å². The predicted octanol–water partition coefficient (Wildman–Crippen LogP) is 1.72. The largest absolute Gasteiger partial charge is 0.373 e. The van der Waals surface area contributed by atoms with E-state index in [2.05, 4.69) is 6.92 Å². The minimum Gasteiger partial charge on any atom is -0.373 e. The zero-order chi connectivity index (χ0) is 7.95. The Bertz CT molecular complexity index is 147. The fourth-order valence-electron chi connectivity index (χ4n) is 2.19. The second-order valence-corrected chi connectivity index (χ2v) is 4.49. The lowest BCUT2D eigenvalue weighted by molar-refractivity contribution is -0.171. The number of nitrogens with two attached hydrogens (primary N) is 1. The first-order valence-corrected chi connectivity index (χ1v) is 4.52. The molecule has 2 heterocycles. The van der Waals surface area contributed by atoms with Gasteiger partial charge in [0.25, 0.3) is 0 Å². The van der Waals surface area contributed by atoms with Gasteiger partial charge in [0.05, 0.1) is 12.2 Å². The first kappa shape index (κ1) is 10.3. The maximum atomic E-state index is 5.79. The van der Waals surface area contributed by atoms with Gasteiger partial charge in [0.2, 0.25) is 0 Å². The first-order valence-electron chi connectivity index (χ1n) is 4.52. The van der Waals surface area contributed by atoms with Crippen LogP contribution in [0, 0.1) is 5.41 Å². The van der Waals surface area contributed by atoms with Gasteiger partial charge in [-0.15, -0.1) is 12.4 Å². The number of halogens is 1. The molecule has 0 aromatic heterocycles. The van der Waals surface area contributed by atoms with E-state index < -0.39 is 0 Å². The number of hydrogen-bond donors (Lipinski definition) is 1. The topological polar surface area (TPSA) is 35.2 Å². The lowest BCUT2D eigenvalue weighted by atomic mass is 9.67. The molecule has 2 nitrogen and oxygen atoms in total. The quantitative estimate of drug-likeness (QED) is 0.685. The highest BCUT2D eigenvalue weighted by Gasteiger charge is 2.46. The maximum absolute atomic E-state index is 5.79. The van der Waals surface area contributed by atoms with Crippen LogP contribution in [0.4, 0.5) is 0 Å². The molecule has 0 amide bonds. The van der Waals surface area contributed by atoms with E-state index in [1.165, 1.54) is 25.7 Å². The van der Waals surface area contributed by atoms with Crippen molar-refractivity contribution in [1.82, 2.24) is 0 Å². The zero-order valence-electron chi connectivity index (χ0n) is 7.64. The van der Waals surface area contributed by atoms with E-state index in [4.69, 9.17) is 10.5 Å². The molecule has 3 aliphatic rings. The molecule has 2 saturated heterocycles. The average Bonchev–Trinajstić information content (AvgIpc) is 2.07. The minimum atomic E-state index is 0. The Labute approximate surface area is 80.3 Å². The fraction of sp³-hybridized carbons (Fsp3) is 1.00.